The molecule has 1 heterocycles. The average Bonchev–Trinajstić information content (AvgIpc) is 2.85. The minimum Gasteiger partial charge on any atom is -0.457 e. The topological polar surface area (TPSA) is 29.5 Å². The first-order chi connectivity index (χ1) is 12.3. The Kier molecular flexibility index (Phi) is 4.06. The summed E-state index contributed by atoms with van der Waals surface area (Å²) in [7, 11) is 0. The second-order valence-corrected chi connectivity index (χ2v) is 9.09. The predicted octanol–water partition coefficient (Wildman–Crippen LogP) is 5.52. The van der Waals surface area contributed by atoms with Crippen molar-refractivity contribution in [3.63, 3.8) is 0 Å². The number of nitrogens with zero attached hydrogens (tertiary/aromatic N) is 1. The fraction of sp³-hybridized carbons (Fsp3) is 0.435. The number of fused-ring (bicyclic) bond motifs is 2. The molecule has 0 N–H and O–H groups in total. The highest BCUT2D eigenvalue weighted by Gasteiger charge is 2.50. The minimum atomic E-state index is 0.155. The molecular formula is C23H27NO2. The molecule has 1 aliphatic heterocycles. The van der Waals surface area contributed by atoms with Gasteiger partial charge in [0.25, 0.3) is 5.91 Å². The Morgan fingerprint density at radius 3 is 2.31 bits per heavy atom. The van der Waals surface area contributed by atoms with Crippen molar-refractivity contribution in [1.82, 2.24) is 4.90 Å². The van der Waals surface area contributed by atoms with E-state index in [1.54, 1.807) is 0 Å². The van der Waals surface area contributed by atoms with E-state index in [2.05, 4.69) is 25.7 Å². The summed E-state index contributed by atoms with van der Waals surface area (Å²) >= 11 is 0. The molecule has 2 atom stereocenters. The van der Waals surface area contributed by atoms with Gasteiger partial charge in [-0.05, 0) is 66.5 Å². The van der Waals surface area contributed by atoms with E-state index in [0.717, 1.165) is 36.4 Å². The van der Waals surface area contributed by atoms with Crippen LogP contribution in [0.5, 0.6) is 11.5 Å². The quantitative estimate of drug-likeness (QED) is 0.730. The molecule has 1 amide bonds. The van der Waals surface area contributed by atoms with Crippen LogP contribution in [0.2, 0.25) is 0 Å². The van der Waals surface area contributed by atoms with Crippen molar-refractivity contribution in [2.24, 2.45) is 10.8 Å². The summed E-state index contributed by atoms with van der Waals surface area (Å²) in [6.45, 7) is 7.88. The Morgan fingerprint density at radius 1 is 0.962 bits per heavy atom. The third-order valence-electron chi connectivity index (χ3n) is 5.76. The fourth-order valence-electron chi connectivity index (χ4n) is 5.15. The zero-order valence-electron chi connectivity index (χ0n) is 15.9. The van der Waals surface area contributed by atoms with Crippen molar-refractivity contribution >= 4 is 5.91 Å². The van der Waals surface area contributed by atoms with E-state index in [1.165, 1.54) is 6.42 Å². The Hall–Kier alpha value is -2.29. The molecule has 1 saturated heterocycles. The SMILES string of the molecule is CC1(C)C[C@H]2C[C@@](C)(CN2C(=O)c2ccc(Oc3ccccc3)cc2)C1. The molecular weight excluding hydrogens is 322 g/mol. The molecule has 2 aromatic carbocycles. The summed E-state index contributed by atoms with van der Waals surface area (Å²) in [4.78, 5) is 15.2. The van der Waals surface area contributed by atoms with E-state index >= 15 is 0 Å². The zero-order valence-corrected chi connectivity index (χ0v) is 15.9. The maximum Gasteiger partial charge on any atom is 0.254 e. The van der Waals surface area contributed by atoms with Crippen LogP contribution >= 0.6 is 0 Å². The van der Waals surface area contributed by atoms with E-state index < -0.39 is 0 Å². The van der Waals surface area contributed by atoms with Gasteiger partial charge in [0, 0.05) is 18.2 Å². The molecule has 0 unspecified atom stereocenters. The van der Waals surface area contributed by atoms with Crippen molar-refractivity contribution in [2.45, 2.75) is 46.1 Å². The van der Waals surface area contributed by atoms with Gasteiger partial charge in [-0.2, -0.15) is 0 Å². The number of rotatable bonds is 3. The van der Waals surface area contributed by atoms with Gasteiger partial charge in [0.15, 0.2) is 0 Å². The Balaban J connectivity index is 1.49. The lowest BCUT2D eigenvalue weighted by atomic mass is 9.65. The van der Waals surface area contributed by atoms with Gasteiger partial charge < -0.3 is 9.64 Å². The van der Waals surface area contributed by atoms with Crippen molar-refractivity contribution < 1.29 is 9.53 Å². The number of benzene rings is 2. The van der Waals surface area contributed by atoms with E-state index in [0.29, 0.717) is 11.5 Å². The lowest BCUT2D eigenvalue weighted by Crippen LogP contribution is -2.37. The second kappa shape index (κ2) is 6.15. The summed E-state index contributed by atoms with van der Waals surface area (Å²) < 4.78 is 5.83. The number of carbonyl (C=O) groups excluding carboxylic acids is 1. The molecule has 4 rings (SSSR count). The van der Waals surface area contributed by atoms with Crippen LogP contribution in [0.15, 0.2) is 54.6 Å². The van der Waals surface area contributed by atoms with Crippen LogP contribution in [-0.2, 0) is 0 Å². The third-order valence-corrected chi connectivity index (χ3v) is 5.76. The molecule has 2 aromatic rings. The Bertz CT molecular complexity index is 797. The van der Waals surface area contributed by atoms with Crippen molar-refractivity contribution in [1.29, 1.82) is 0 Å². The third kappa shape index (κ3) is 3.35. The van der Waals surface area contributed by atoms with Gasteiger partial charge in [0.1, 0.15) is 11.5 Å². The lowest BCUT2D eigenvalue weighted by Gasteiger charge is -2.39. The number of carbonyl (C=O) groups is 1. The van der Waals surface area contributed by atoms with Crippen molar-refractivity contribution in [3.8, 4) is 11.5 Å². The maximum absolute atomic E-state index is 13.1. The predicted molar refractivity (Wildman–Crippen MR) is 104 cm³/mol. The molecule has 3 nitrogen and oxygen atoms in total. The first kappa shape index (κ1) is 17.1. The molecule has 0 spiro atoms. The molecule has 2 aliphatic rings. The lowest BCUT2D eigenvalue weighted by molar-refractivity contribution is 0.0708. The smallest absolute Gasteiger partial charge is 0.254 e. The van der Waals surface area contributed by atoms with Gasteiger partial charge >= 0.3 is 0 Å². The largest absolute Gasteiger partial charge is 0.457 e. The summed E-state index contributed by atoms with van der Waals surface area (Å²) in [5.74, 6) is 1.71. The minimum absolute atomic E-state index is 0.155. The zero-order chi connectivity index (χ0) is 18.4. The fourth-order valence-corrected chi connectivity index (χ4v) is 5.15. The van der Waals surface area contributed by atoms with E-state index in [-0.39, 0.29) is 11.3 Å². The van der Waals surface area contributed by atoms with Gasteiger partial charge in [0.2, 0.25) is 0 Å². The summed E-state index contributed by atoms with van der Waals surface area (Å²) in [5, 5.41) is 0. The molecule has 2 bridgehead atoms. The first-order valence-corrected chi connectivity index (χ1v) is 9.48. The Labute approximate surface area is 156 Å². The van der Waals surface area contributed by atoms with Gasteiger partial charge in [-0.15, -0.1) is 0 Å². The van der Waals surface area contributed by atoms with Crippen LogP contribution in [0, 0.1) is 10.8 Å². The van der Waals surface area contributed by atoms with Crippen LogP contribution < -0.4 is 4.74 Å². The van der Waals surface area contributed by atoms with Gasteiger partial charge in [-0.3, -0.25) is 4.79 Å². The molecule has 3 heteroatoms. The molecule has 0 radical (unpaired) electrons. The number of amides is 1. The number of para-hydroxylation sites is 1. The normalized spacial score (nSPS) is 26.6. The molecule has 136 valence electrons. The van der Waals surface area contributed by atoms with Gasteiger partial charge in [-0.25, -0.2) is 0 Å². The molecule has 1 saturated carbocycles. The average molecular weight is 349 g/mol. The van der Waals surface area contributed by atoms with Crippen molar-refractivity contribution in [2.75, 3.05) is 6.54 Å². The number of hydrogen-bond donors (Lipinski definition) is 0. The van der Waals surface area contributed by atoms with Crippen LogP contribution in [0.3, 0.4) is 0 Å². The van der Waals surface area contributed by atoms with Gasteiger partial charge in [0.05, 0.1) is 0 Å². The Morgan fingerprint density at radius 2 is 1.62 bits per heavy atom. The second-order valence-electron chi connectivity index (χ2n) is 9.09. The molecule has 26 heavy (non-hydrogen) atoms. The highest BCUT2D eigenvalue weighted by Crippen LogP contribution is 2.52. The van der Waals surface area contributed by atoms with Crippen LogP contribution in [0.4, 0.5) is 0 Å². The summed E-state index contributed by atoms with van der Waals surface area (Å²) in [6.07, 6.45) is 3.44. The van der Waals surface area contributed by atoms with Crippen LogP contribution in [0.25, 0.3) is 0 Å². The van der Waals surface area contributed by atoms with Gasteiger partial charge in [-0.1, -0.05) is 39.0 Å². The van der Waals surface area contributed by atoms with Crippen molar-refractivity contribution in [3.05, 3.63) is 60.2 Å². The van der Waals surface area contributed by atoms with Crippen LogP contribution in [0.1, 0.15) is 50.4 Å². The number of likely N-dealkylation sites (tertiary alicyclic amines) is 1. The molecule has 2 fully saturated rings. The molecule has 1 aliphatic carbocycles. The van der Waals surface area contributed by atoms with E-state index in [9.17, 15) is 4.79 Å². The summed E-state index contributed by atoms with van der Waals surface area (Å²) in [5.41, 5.74) is 1.33. The van der Waals surface area contributed by atoms with E-state index in [1.807, 2.05) is 54.6 Å². The monoisotopic (exact) mass is 349 g/mol. The van der Waals surface area contributed by atoms with Crippen LogP contribution in [-0.4, -0.2) is 23.4 Å². The highest BCUT2D eigenvalue weighted by atomic mass is 16.5. The standard InChI is InChI=1S/C23H27NO2/c1-22(2)13-18-14-23(3,15-22)16-24(18)21(25)17-9-11-20(12-10-17)26-19-7-5-4-6-8-19/h4-12,18H,13-16H2,1-3H3/t18-,23+/m0/s1. The maximum atomic E-state index is 13.1. The first-order valence-electron chi connectivity index (χ1n) is 9.48. The number of hydrogen-bond acceptors (Lipinski definition) is 2. The summed E-state index contributed by atoms with van der Waals surface area (Å²) in [6, 6.07) is 17.6. The number of ether oxygens (including phenoxy) is 1. The molecule has 0 aromatic heterocycles. The highest BCUT2D eigenvalue weighted by molar-refractivity contribution is 5.94. The van der Waals surface area contributed by atoms with E-state index in [4.69, 9.17) is 4.74 Å².